The molecule has 83 valence electrons. The zero-order valence-corrected chi connectivity index (χ0v) is 12.0. The summed E-state index contributed by atoms with van der Waals surface area (Å²) in [5.74, 6) is 0. The van der Waals surface area contributed by atoms with Gasteiger partial charge >= 0.3 is 0 Å². The molecule has 1 radical (unpaired) electrons. The molecule has 0 aromatic rings. The van der Waals surface area contributed by atoms with Gasteiger partial charge in [0.1, 0.15) is 0 Å². The molecule has 0 aromatic heterocycles. The van der Waals surface area contributed by atoms with Crippen molar-refractivity contribution in [3.05, 3.63) is 0 Å². The third-order valence-corrected chi connectivity index (χ3v) is 5.37. The summed E-state index contributed by atoms with van der Waals surface area (Å²) in [6, 6.07) is 0. The maximum Gasteiger partial charge on any atom is 0 e. The van der Waals surface area contributed by atoms with Gasteiger partial charge in [0.15, 0.2) is 0 Å². The third kappa shape index (κ3) is 9.04. The molecule has 0 bridgehead atoms. The van der Waals surface area contributed by atoms with E-state index in [-0.39, 0.29) is 27.4 Å². The van der Waals surface area contributed by atoms with E-state index in [1.165, 1.54) is 0 Å². The quantitative estimate of drug-likeness (QED) is 0.337. The van der Waals surface area contributed by atoms with Crippen LogP contribution in [0.2, 0.25) is 0 Å². The fourth-order valence-electron chi connectivity index (χ4n) is 1.79. The Kier molecular flexibility index (Phi) is 16.1. The minimum absolute atomic E-state index is 0. The van der Waals surface area contributed by atoms with Gasteiger partial charge in [-0.1, -0.05) is 49.5 Å². The van der Waals surface area contributed by atoms with Gasteiger partial charge < -0.3 is 4.79 Å². The molecular weight excluding hydrogens is 270 g/mol. The van der Waals surface area contributed by atoms with Crippen LogP contribution in [0.1, 0.15) is 41.5 Å². The first kappa shape index (κ1) is 19.3. The first-order valence-electron chi connectivity index (χ1n) is 4.47. The summed E-state index contributed by atoms with van der Waals surface area (Å²) in [6.07, 6.45) is 0. The second kappa shape index (κ2) is 10.8. The number of hydrogen-bond acceptors (Lipinski definition) is 1. The van der Waals surface area contributed by atoms with E-state index < -0.39 is 0 Å². The van der Waals surface area contributed by atoms with Gasteiger partial charge in [-0.25, -0.2) is 0 Å². The number of rotatable bonds is 3. The van der Waals surface area contributed by atoms with Crippen LogP contribution >= 0.6 is 7.92 Å². The average Bonchev–Trinajstić information content (AvgIpc) is 1.88. The van der Waals surface area contributed by atoms with Crippen molar-refractivity contribution >= 4 is 14.7 Å². The van der Waals surface area contributed by atoms with Crippen molar-refractivity contribution in [3.63, 3.8) is 0 Å². The molecule has 0 unspecified atom stereocenters. The van der Waals surface area contributed by atoms with Gasteiger partial charge in [0.25, 0.3) is 0 Å². The van der Waals surface area contributed by atoms with Gasteiger partial charge in [-0.3, -0.25) is 6.79 Å². The van der Waals surface area contributed by atoms with Crippen LogP contribution in [0.25, 0.3) is 0 Å². The Hall–Kier alpha value is 0.723. The van der Waals surface area contributed by atoms with Crippen molar-refractivity contribution in [2.75, 3.05) is 0 Å². The molecule has 0 heterocycles. The van der Waals surface area contributed by atoms with E-state index in [0.29, 0.717) is 0 Å². The van der Waals surface area contributed by atoms with Gasteiger partial charge in [-0.15, -0.1) is 0 Å². The van der Waals surface area contributed by atoms with Gasteiger partial charge in [-0.2, -0.15) is 0 Å². The monoisotopic (exact) mass is 292 g/mol. The van der Waals surface area contributed by atoms with Crippen molar-refractivity contribution in [1.82, 2.24) is 0 Å². The van der Waals surface area contributed by atoms with Gasteiger partial charge in [0, 0.05) is 19.5 Å². The Balaban J connectivity index is -0.000000309. The summed E-state index contributed by atoms with van der Waals surface area (Å²) in [6.45, 7) is 17.4. The fourth-order valence-corrected chi connectivity index (χ4v) is 5.37. The first-order chi connectivity index (χ1) is 5.46. The third-order valence-electron chi connectivity index (χ3n) is 1.79. The summed E-state index contributed by atoms with van der Waals surface area (Å²) >= 11 is 0. The molecular formula is C10H22OPRh-. The molecule has 0 atom stereocenters. The zero-order valence-electron chi connectivity index (χ0n) is 9.50. The molecule has 0 N–H and O–H groups in total. The predicted molar refractivity (Wildman–Crippen MR) is 59.1 cm³/mol. The summed E-state index contributed by atoms with van der Waals surface area (Å²) in [7, 11) is 0.262. The van der Waals surface area contributed by atoms with E-state index in [0.717, 1.165) is 17.0 Å². The van der Waals surface area contributed by atoms with Crippen molar-refractivity contribution in [2.24, 2.45) is 0 Å². The Labute approximate surface area is 97.6 Å². The van der Waals surface area contributed by atoms with Crippen LogP contribution in [0.15, 0.2) is 0 Å². The van der Waals surface area contributed by atoms with Crippen molar-refractivity contribution in [3.8, 4) is 0 Å². The summed E-state index contributed by atoms with van der Waals surface area (Å²) in [5, 5.41) is 0. The maximum absolute atomic E-state index is 7.75. The van der Waals surface area contributed by atoms with E-state index in [4.69, 9.17) is 4.79 Å². The molecule has 3 heteroatoms. The van der Waals surface area contributed by atoms with Crippen LogP contribution in [-0.2, 0) is 24.3 Å². The Morgan fingerprint density at radius 2 is 0.923 bits per heavy atom. The van der Waals surface area contributed by atoms with Gasteiger partial charge in [0.05, 0.1) is 0 Å². The van der Waals surface area contributed by atoms with Crippen LogP contribution in [-0.4, -0.2) is 23.8 Å². The second-order valence-electron chi connectivity index (χ2n) is 3.73. The van der Waals surface area contributed by atoms with Gasteiger partial charge in [-0.05, 0) is 17.0 Å². The normalized spacial score (nSPS) is 10.0. The molecule has 0 spiro atoms. The van der Waals surface area contributed by atoms with E-state index >= 15 is 0 Å². The Morgan fingerprint density at radius 1 is 0.769 bits per heavy atom. The topological polar surface area (TPSA) is 17.1 Å². The molecule has 0 aromatic carbocycles. The molecule has 0 amide bonds. The van der Waals surface area contributed by atoms with E-state index in [1.807, 2.05) is 0 Å². The van der Waals surface area contributed by atoms with Crippen molar-refractivity contribution in [2.45, 2.75) is 58.5 Å². The number of hydrogen-bond donors (Lipinski definition) is 0. The molecule has 0 saturated heterocycles. The largest absolute Gasteiger partial charge is 0.545 e. The summed E-state index contributed by atoms with van der Waals surface area (Å²) < 4.78 is 0. The molecule has 0 aliphatic heterocycles. The zero-order chi connectivity index (χ0) is 10.3. The summed E-state index contributed by atoms with van der Waals surface area (Å²) in [4.78, 5) is 7.75. The SMILES string of the molecule is CC(C)P(C(C)C)C(C)C.[CH-]=O.[Rh]. The van der Waals surface area contributed by atoms with E-state index in [2.05, 4.69) is 48.3 Å². The van der Waals surface area contributed by atoms with Crippen molar-refractivity contribution in [1.29, 1.82) is 0 Å². The van der Waals surface area contributed by atoms with Crippen molar-refractivity contribution < 1.29 is 24.3 Å². The van der Waals surface area contributed by atoms with Crippen LogP contribution in [0.4, 0.5) is 0 Å². The molecule has 1 nitrogen and oxygen atoms in total. The van der Waals surface area contributed by atoms with E-state index in [9.17, 15) is 0 Å². The second-order valence-corrected chi connectivity index (χ2v) is 7.72. The molecule has 0 rings (SSSR count). The molecule has 0 aliphatic rings. The maximum atomic E-state index is 7.75. The van der Waals surface area contributed by atoms with Crippen LogP contribution in [0.3, 0.4) is 0 Å². The Bertz CT molecular complexity index is 86.1. The Morgan fingerprint density at radius 3 is 0.923 bits per heavy atom. The van der Waals surface area contributed by atoms with Crippen LogP contribution in [0.5, 0.6) is 0 Å². The smallest absolute Gasteiger partial charge is 0 e. The average molecular weight is 292 g/mol. The minimum Gasteiger partial charge on any atom is -0.545 e. The van der Waals surface area contributed by atoms with Crippen LogP contribution < -0.4 is 0 Å². The molecule has 0 saturated carbocycles. The molecule has 0 fully saturated rings. The molecule has 0 aliphatic carbocycles. The first-order valence-corrected chi connectivity index (χ1v) is 6.02. The fraction of sp³-hybridized carbons (Fsp3) is 0.900. The minimum atomic E-state index is 0. The van der Waals surface area contributed by atoms with E-state index in [1.54, 1.807) is 0 Å². The van der Waals surface area contributed by atoms with Gasteiger partial charge in [0.2, 0.25) is 0 Å². The predicted octanol–water partition coefficient (Wildman–Crippen LogP) is 3.42. The number of carbonyl (C=O) groups excluding carboxylic acids is 1. The molecule has 13 heavy (non-hydrogen) atoms. The standard InChI is InChI=1S/C9H21P.CHO.Rh/c1-7(2)10(8(3)4)9(5)6;1-2;/h7-9H,1-6H3;1H;/q;-1;. The van der Waals surface area contributed by atoms with Crippen LogP contribution in [0, 0.1) is 0 Å². The summed E-state index contributed by atoms with van der Waals surface area (Å²) in [5.41, 5.74) is 2.69.